The molecule has 1 aromatic carbocycles. The Morgan fingerprint density at radius 1 is 0.917 bits per heavy atom. The Balaban J connectivity index is 1.56. The van der Waals surface area contributed by atoms with Gasteiger partial charge in [0.25, 0.3) is 0 Å². The van der Waals surface area contributed by atoms with E-state index in [-0.39, 0.29) is 0 Å². The van der Waals surface area contributed by atoms with E-state index in [1.165, 1.54) is 0 Å². The van der Waals surface area contributed by atoms with E-state index in [2.05, 4.69) is 30.8 Å². The minimum Gasteiger partial charge on any atom is -0.497 e. The van der Waals surface area contributed by atoms with E-state index in [0.717, 1.165) is 16.9 Å². The van der Waals surface area contributed by atoms with Gasteiger partial charge in [0, 0.05) is 25.5 Å². The van der Waals surface area contributed by atoms with E-state index in [4.69, 9.17) is 4.74 Å². The van der Waals surface area contributed by atoms with Crippen molar-refractivity contribution >= 4 is 11.8 Å². The van der Waals surface area contributed by atoms with Crippen molar-refractivity contribution in [1.29, 1.82) is 0 Å². The van der Waals surface area contributed by atoms with Crippen LogP contribution in [-0.2, 0) is 13.1 Å². The van der Waals surface area contributed by atoms with Crippen LogP contribution in [0.25, 0.3) is 0 Å². The van der Waals surface area contributed by atoms with E-state index in [1.807, 2.05) is 36.4 Å². The van der Waals surface area contributed by atoms with Gasteiger partial charge in [0.1, 0.15) is 5.75 Å². The molecule has 0 atom stereocenters. The van der Waals surface area contributed by atoms with Gasteiger partial charge in [-0.1, -0.05) is 12.1 Å². The smallest absolute Gasteiger partial charge is 0.244 e. The molecule has 7 nitrogen and oxygen atoms in total. The highest BCUT2D eigenvalue weighted by atomic mass is 16.5. The lowest BCUT2D eigenvalue weighted by molar-refractivity contribution is 0.414. The molecule has 0 amide bonds. The summed E-state index contributed by atoms with van der Waals surface area (Å²) in [6.07, 6.45) is 5.10. The van der Waals surface area contributed by atoms with E-state index in [1.54, 1.807) is 25.7 Å². The van der Waals surface area contributed by atoms with Gasteiger partial charge in [-0.3, -0.25) is 4.98 Å². The molecule has 2 N–H and O–H groups in total. The lowest BCUT2D eigenvalue weighted by atomic mass is 10.2. The molecule has 3 rings (SSSR count). The third kappa shape index (κ3) is 4.39. The van der Waals surface area contributed by atoms with E-state index in [9.17, 15) is 0 Å². The summed E-state index contributed by atoms with van der Waals surface area (Å²) in [6.45, 7) is 1.26. The average Bonchev–Trinajstić information content (AvgIpc) is 2.66. The van der Waals surface area contributed by atoms with Gasteiger partial charge in [-0.2, -0.15) is 10.1 Å². The number of rotatable bonds is 7. The SMILES string of the molecule is COc1ccc(CNc2cnnc(NCc3ccncc3)n2)cc1. The van der Waals surface area contributed by atoms with Gasteiger partial charge in [0.2, 0.25) is 5.95 Å². The third-order valence-corrected chi connectivity index (χ3v) is 3.39. The van der Waals surface area contributed by atoms with Crippen molar-refractivity contribution in [1.82, 2.24) is 20.2 Å². The van der Waals surface area contributed by atoms with E-state index >= 15 is 0 Å². The van der Waals surface area contributed by atoms with Gasteiger partial charge >= 0.3 is 0 Å². The Morgan fingerprint density at radius 2 is 1.62 bits per heavy atom. The highest BCUT2D eigenvalue weighted by Crippen LogP contribution is 2.13. The molecule has 7 heteroatoms. The van der Waals surface area contributed by atoms with Crippen LogP contribution in [0, 0.1) is 0 Å². The predicted octanol–water partition coefficient (Wildman–Crippen LogP) is 2.50. The molecule has 0 aliphatic rings. The number of pyridine rings is 1. The number of hydrogen-bond donors (Lipinski definition) is 2. The highest BCUT2D eigenvalue weighted by Gasteiger charge is 2.01. The summed E-state index contributed by atoms with van der Waals surface area (Å²) >= 11 is 0. The maximum atomic E-state index is 5.15. The van der Waals surface area contributed by atoms with Crippen molar-refractivity contribution in [2.24, 2.45) is 0 Å². The Hall–Kier alpha value is -3.22. The second kappa shape index (κ2) is 7.87. The summed E-state index contributed by atoms with van der Waals surface area (Å²) in [5.74, 6) is 1.98. The standard InChI is InChI=1S/C17H18N6O/c1-24-15-4-2-13(3-5-15)10-19-16-12-21-23-17(22-16)20-11-14-6-8-18-9-7-14/h2-9,12H,10-11H2,1H3,(H2,19,20,22,23). The summed E-state index contributed by atoms with van der Waals surface area (Å²) in [7, 11) is 1.65. The zero-order chi connectivity index (χ0) is 16.6. The van der Waals surface area contributed by atoms with Crippen LogP contribution in [0.5, 0.6) is 5.75 Å². The first kappa shape index (κ1) is 15.7. The minimum atomic E-state index is 0.478. The quantitative estimate of drug-likeness (QED) is 0.691. The molecule has 122 valence electrons. The molecular formula is C17H18N6O. The van der Waals surface area contributed by atoms with Crippen LogP contribution in [0.2, 0.25) is 0 Å². The van der Waals surface area contributed by atoms with Crippen LogP contribution >= 0.6 is 0 Å². The molecule has 2 aromatic heterocycles. The van der Waals surface area contributed by atoms with E-state index < -0.39 is 0 Å². The van der Waals surface area contributed by atoms with Crippen molar-refractivity contribution in [3.05, 3.63) is 66.1 Å². The van der Waals surface area contributed by atoms with Crippen LogP contribution in [0.15, 0.2) is 55.0 Å². The fourth-order valence-electron chi connectivity index (χ4n) is 2.08. The fourth-order valence-corrected chi connectivity index (χ4v) is 2.08. The van der Waals surface area contributed by atoms with E-state index in [0.29, 0.717) is 24.9 Å². The Bertz CT molecular complexity index is 764. The molecule has 0 saturated carbocycles. The van der Waals surface area contributed by atoms with Gasteiger partial charge in [0.15, 0.2) is 5.82 Å². The molecule has 0 spiro atoms. The van der Waals surface area contributed by atoms with Gasteiger partial charge in [-0.05, 0) is 35.4 Å². The summed E-state index contributed by atoms with van der Waals surface area (Å²) in [5.41, 5.74) is 2.23. The molecule has 0 saturated heterocycles. The Kier molecular flexibility index (Phi) is 5.14. The number of benzene rings is 1. The monoisotopic (exact) mass is 322 g/mol. The van der Waals surface area contributed by atoms with Crippen molar-refractivity contribution in [2.45, 2.75) is 13.1 Å². The molecule has 2 heterocycles. The van der Waals surface area contributed by atoms with Gasteiger partial charge in [-0.25, -0.2) is 0 Å². The minimum absolute atomic E-state index is 0.478. The molecular weight excluding hydrogens is 304 g/mol. The zero-order valence-corrected chi connectivity index (χ0v) is 13.3. The van der Waals surface area contributed by atoms with Crippen LogP contribution in [0.4, 0.5) is 11.8 Å². The van der Waals surface area contributed by atoms with Crippen LogP contribution in [0.3, 0.4) is 0 Å². The summed E-state index contributed by atoms with van der Waals surface area (Å²) in [4.78, 5) is 8.39. The number of hydrogen-bond acceptors (Lipinski definition) is 7. The van der Waals surface area contributed by atoms with Crippen molar-refractivity contribution < 1.29 is 4.74 Å². The third-order valence-electron chi connectivity index (χ3n) is 3.39. The lowest BCUT2D eigenvalue weighted by Crippen LogP contribution is -2.08. The number of aromatic nitrogens is 4. The predicted molar refractivity (Wildman–Crippen MR) is 91.7 cm³/mol. The number of methoxy groups -OCH3 is 1. The second-order valence-corrected chi connectivity index (χ2v) is 5.08. The number of nitrogens with one attached hydrogen (secondary N) is 2. The van der Waals surface area contributed by atoms with Crippen molar-refractivity contribution in [2.75, 3.05) is 17.7 Å². The average molecular weight is 322 g/mol. The van der Waals surface area contributed by atoms with Crippen molar-refractivity contribution in [3.63, 3.8) is 0 Å². The Labute approximate surface area is 140 Å². The fraction of sp³-hybridized carbons (Fsp3) is 0.176. The molecule has 24 heavy (non-hydrogen) atoms. The zero-order valence-electron chi connectivity index (χ0n) is 13.3. The molecule has 0 fully saturated rings. The molecule has 0 bridgehead atoms. The topological polar surface area (TPSA) is 84.9 Å². The normalized spacial score (nSPS) is 10.2. The van der Waals surface area contributed by atoms with Crippen LogP contribution in [-0.4, -0.2) is 27.3 Å². The Morgan fingerprint density at radius 3 is 2.38 bits per heavy atom. The largest absolute Gasteiger partial charge is 0.497 e. The first-order valence-electron chi connectivity index (χ1n) is 7.53. The number of nitrogens with zero attached hydrogens (tertiary/aromatic N) is 4. The molecule has 0 unspecified atom stereocenters. The van der Waals surface area contributed by atoms with Crippen LogP contribution in [0.1, 0.15) is 11.1 Å². The highest BCUT2D eigenvalue weighted by molar-refractivity contribution is 5.39. The molecule has 0 aliphatic heterocycles. The lowest BCUT2D eigenvalue weighted by Gasteiger charge is -2.08. The maximum Gasteiger partial charge on any atom is 0.244 e. The first-order valence-corrected chi connectivity index (χ1v) is 7.53. The van der Waals surface area contributed by atoms with Gasteiger partial charge in [-0.15, -0.1) is 5.10 Å². The second-order valence-electron chi connectivity index (χ2n) is 5.08. The van der Waals surface area contributed by atoms with Gasteiger partial charge < -0.3 is 15.4 Å². The van der Waals surface area contributed by atoms with Gasteiger partial charge in [0.05, 0.1) is 13.3 Å². The molecule has 0 aliphatic carbocycles. The first-order chi connectivity index (χ1) is 11.8. The number of anilines is 2. The van der Waals surface area contributed by atoms with Crippen molar-refractivity contribution in [3.8, 4) is 5.75 Å². The summed E-state index contributed by atoms with van der Waals surface area (Å²) in [6, 6.07) is 11.7. The van der Waals surface area contributed by atoms with Crippen LogP contribution < -0.4 is 15.4 Å². The molecule has 3 aromatic rings. The molecule has 0 radical (unpaired) electrons. The summed E-state index contributed by atoms with van der Waals surface area (Å²) < 4.78 is 5.15. The number of ether oxygens (including phenoxy) is 1. The summed E-state index contributed by atoms with van der Waals surface area (Å²) in [5, 5.41) is 14.3. The maximum absolute atomic E-state index is 5.15.